The number of aromatic nitrogens is 1. The van der Waals surface area contributed by atoms with Gasteiger partial charge in [0.05, 0.1) is 12.6 Å². The summed E-state index contributed by atoms with van der Waals surface area (Å²) in [5.74, 6) is 1.20. The molecule has 1 N–H and O–H groups in total. The molecule has 0 spiro atoms. The first-order chi connectivity index (χ1) is 10.3. The third kappa shape index (κ3) is 3.36. The fourth-order valence-electron chi connectivity index (χ4n) is 1.90. The number of hydrazone groups is 1. The highest BCUT2D eigenvalue weighted by Crippen LogP contribution is 2.31. The minimum Gasteiger partial charge on any atom is -0.454 e. The highest BCUT2D eigenvalue weighted by atomic mass is 16.7. The molecule has 1 amide bonds. The van der Waals surface area contributed by atoms with Crippen molar-refractivity contribution >= 4 is 12.1 Å². The van der Waals surface area contributed by atoms with Gasteiger partial charge in [-0.25, -0.2) is 5.43 Å². The lowest BCUT2D eigenvalue weighted by Crippen LogP contribution is -2.19. The summed E-state index contributed by atoms with van der Waals surface area (Å²) in [6.45, 7) is 0.234. The van der Waals surface area contributed by atoms with E-state index in [1.165, 1.54) is 0 Å². The van der Waals surface area contributed by atoms with Crippen molar-refractivity contribution in [2.45, 2.75) is 6.42 Å². The normalized spacial score (nSPS) is 12.6. The maximum atomic E-state index is 11.7. The van der Waals surface area contributed by atoms with Gasteiger partial charge in [-0.1, -0.05) is 6.07 Å². The van der Waals surface area contributed by atoms with Crippen LogP contribution in [0.15, 0.2) is 47.8 Å². The van der Waals surface area contributed by atoms with E-state index >= 15 is 0 Å². The number of nitrogens with one attached hydrogen (secondary N) is 1. The Morgan fingerprint density at radius 1 is 1.33 bits per heavy atom. The Morgan fingerprint density at radius 2 is 2.24 bits per heavy atom. The molecule has 21 heavy (non-hydrogen) atoms. The quantitative estimate of drug-likeness (QED) is 0.682. The lowest BCUT2D eigenvalue weighted by Gasteiger charge is -2.00. The largest absolute Gasteiger partial charge is 0.454 e. The molecule has 0 atom stereocenters. The molecular weight excluding hydrogens is 270 g/mol. The first-order valence-electron chi connectivity index (χ1n) is 6.42. The predicted molar refractivity (Wildman–Crippen MR) is 76.2 cm³/mol. The van der Waals surface area contributed by atoms with Crippen LogP contribution in [-0.2, 0) is 11.2 Å². The van der Waals surface area contributed by atoms with E-state index in [0.717, 1.165) is 11.1 Å². The Balaban J connectivity index is 1.56. The van der Waals surface area contributed by atoms with E-state index in [9.17, 15) is 4.79 Å². The minimum absolute atomic E-state index is 0.194. The molecule has 2 heterocycles. The maximum Gasteiger partial charge on any atom is 0.244 e. The first-order valence-corrected chi connectivity index (χ1v) is 6.42. The van der Waals surface area contributed by atoms with Crippen LogP contribution in [0.1, 0.15) is 11.1 Å². The molecule has 1 aromatic carbocycles. The van der Waals surface area contributed by atoms with E-state index in [0.29, 0.717) is 11.5 Å². The molecule has 1 aliphatic heterocycles. The van der Waals surface area contributed by atoms with Crippen LogP contribution < -0.4 is 14.9 Å². The fraction of sp³-hybridized carbons (Fsp3) is 0.133. The molecule has 1 aliphatic rings. The number of rotatable bonds is 4. The molecule has 0 bridgehead atoms. The predicted octanol–water partition coefficient (Wildman–Crippen LogP) is 1.50. The van der Waals surface area contributed by atoms with Gasteiger partial charge < -0.3 is 9.47 Å². The summed E-state index contributed by atoms with van der Waals surface area (Å²) in [7, 11) is 0. The van der Waals surface area contributed by atoms with Crippen LogP contribution in [0.2, 0.25) is 0 Å². The number of hydrogen-bond acceptors (Lipinski definition) is 5. The molecule has 0 saturated heterocycles. The summed E-state index contributed by atoms with van der Waals surface area (Å²) in [6.07, 6.45) is 5.12. The average Bonchev–Trinajstić information content (AvgIpc) is 2.96. The number of pyridine rings is 1. The summed E-state index contributed by atoms with van der Waals surface area (Å²) in [6, 6.07) is 9.08. The number of amides is 1. The van der Waals surface area contributed by atoms with Gasteiger partial charge in [0, 0.05) is 12.4 Å². The van der Waals surface area contributed by atoms with Crippen LogP contribution in [0, 0.1) is 0 Å². The van der Waals surface area contributed by atoms with Crippen molar-refractivity contribution in [2.24, 2.45) is 5.10 Å². The van der Waals surface area contributed by atoms with Crippen molar-refractivity contribution in [3.8, 4) is 11.5 Å². The van der Waals surface area contributed by atoms with Crippen LogP contribution >= 0.6 is 0 Å². The Hall–Kier alpha value is -2.89. The second kappa shape index (κ2) is 6.04. The van der Waals surface area contributed by atoms with Crippen molar-refractivity contribution in [3.05, 3.63) is 53.9 Å². The van der Waals surface area contributed by atoms with E-state index in [4.69, 9.17) is 9.47 Å². The smallest absolute Gasteiger partial charge is 0.244 e. The molecule has 1 aromatic heterocycles. The SMILES string of the molecule is O=C(Cc1cccnc1)N/N=C/c1ccc2c(c1)OCO2. The standard InChI is InChI=1S/C15H13N3O3/c19-15(7-11-2-1-5-16-8-11)18-17-9-12-3-4-13-14(6-12)21-10-20-13/h1-6,8-9H,7,10H2,(H,18,19)/b17-9+. The third-order valence-corrected chi connectivity index (χ3v) is 2.89. The van der Waals surface area contributed by atoms with Crippen LogP contribution in [0.4, 0.5) is 0 Å². The van der Waals surface area contributed by atoms with Gasteiger partial charge in [-0.05, 0) is 35.4 Å². The average molecular weight is 283 g/mol. The van der Waals surface area contributed by atoms with Crippen molar-refractivity contribution in [1.82, 2.24) is 10.4 Å². The topological polar surface area (TPSA) is 72.8 Å². The molecular formula is C15H13N3O3. The van der Waals surface area contributed by atoms with E-state index in [-0.39, 0.29) is 19.1 Å². The molecule has 6 heteroatoms. The summed E-state index contributed by atoms with van der Waals surface area (Å²) < 4.78 is 10.5. The van der Waals surface area contributed by atoms with Crippen molar-refractivity contribution in [1.29, 1.82) is 0 Å². The molecule has 3 rings (SSSR count). The Bertz CT molecular complexity index is 671. The van der Waals surface area contributed by atoms with Crippen LogP contribution in [-0.4, -0.2) is 23.9 Å². The molecule has 0 radical (unpaired) electrons. The molecule has 0 fully saturated rings. The number of carbonyl (C=O) groups excluding carboxylic acids is 1. The van der Waals surface area contributed by atoms with E-state index < -0.39 is 0 Å². The Kier molecular flexibility index (Phi) is 3.77. The molecule has 6 nitrogen and oxygen atoms in total. The lowest BCUT2D eigenvalue weighted by molar-refractivity contribution is -0.120. The van der Waals surface area contributed by atoms with Gasteiger partial charge in [-0.2, -0.15) is 5.10 Å². The van der Waals surface area contributed by atoms with Gasteiger partial charge in [-0.15, -0.1) is 0 Å². The van der Waals surface area contributed by atoms with Crippen LogP contribution in [0.5, 0.6) is 11.5 Å². The van der Waals surface area contributed by atoms with Crippen LogP contribution in [0.25, 0.3) is 0 Å². The zero-order valence-corrected chi connectivity index (χ0v) is 11.2. The Labute approximate surface area is 121 Å². The van der Waals surface area contributed by atoms with E-state index in [1.807, 2.05) is 12.1 Å². The molecule has 106 valence electrons. The number of benzene rings is 1. The number of hydrogen-bond donors (Lipinski definition) is 1. The first kappa shape index (κ1) is 13.1. The summed E-state index contributed by atoms with van der Waals surface area (Å²) in [4.78, 5) is 15.6. The van der Waals surface area contributed by atoms with Gasteiger partial charge in [0.15, 0.2) is 11.5 Å². The monoisotopic (exact) mass is 283 g/mol. The number of ether oxygens (including phenoxy) is 2. The summed E-state index contributed by atoms with van der Waals surface area (Å²) in [5.41, 5.74) is 4.14. The van der Waals surface area contributed by atoms with Crippen LogP contribution in [0.3, 0.4) is 0 Å². The number of carbonyl (C=O) groups is 1. The van der Waals surface area contributed by atoms with Crippen molar-refractivity contribution in [2.75, 3.05) is 6.79 Å². The van der Waals surface area contributed by atoms with Gasteiger partial charge in [0.1, 0.15) is 0 Å². The molecule has 2 aromatic rings. The zero-order chi connectivity index (χ0) is 14.5. The van der Waals surface area contributed by atoms with Gasteiger partial charge in [-0.3, -0.25) is 9.78 Å². The lowest BCUT2D eigenvalue weighted by atomic mass is 10.2. The highest BCUT2D eigenvalue weighted by molar-refractivity contribution is 5.84. The van der Waals surface area contributed by atoms with E-state index in [2.05, 4.69) is 15.5 Å². The third-order valence-electron chi connectivity index (χ3n) is 2.89. The molecule has 0 unspecified atom stereocenters. The zero-order valence-electron chi connectivity index (χ0n) is 11.2. The summed E-state index contributed by atoms with van der Waals surface area (Å²) in [5, 5.41) is 3.92. The highest BCUT2D eigenvalue weighted by Gasteiger charge is 2.12. The minimum atomic E-state index is -0.194. The van der Waals surface area contributed by atoms with E-state index in [1.54, 1.807) is 36.8 Å². The van der Waals surface area contributed by atoms with Gasteiger partial charge in [0.2, 0.25) is 12.7 Å². The summed E-state index contributed by atoms with van der Waals surface area (Å²) >= 11 is 0. The molecule has 0 saturated carbocycles. The maximum absolute atomic E-state index is 11.7. The number of fused-ring (bicyclic) bond motifs is 1. The van der Waals surface area contributed by atoms with Gasteiger partial charge in [0.25, 0.3) is 0 Å². The molecule has 0 aliphatic carbocycles. The number of nitrogens with zero attached hydrogens (tertiary/aromatic N) is 2. The fourth-order valence-corrected chi connectivity index (χ4v) is 1.90. The van der Waals surface area contributed by atoms with Gasteiger partial charge >= 0.3 is 0 Å². The van der Waals surface area contributed by atoms with Crippen molar-refractivity contribution in [3.63, 3.8) is 0 Å². The van der Waals surface area contributed by atoms with Crippen molar-refractivity contribution < 1.29 is 14.3 Å². The Morgan fingerprint density at radius 3 is 3.10 bits per heavy atom. The second-order valence-electron chi connectivity index (χ2n) is 4.44. The second-order valence-corrected chi connectivity index (χ2v) is 4.44.